The fraction of sp³-hybridized carbons (Fsp3) is 0.235. The van der Waals surface area contributed by atoms with Crippen LogP contribution in [0.15, 0.2) is 42.5 Å². The van der Waals surface area contributed by atoms with Crippen LogP contribution in [0.3, 0.4) is 0 Å². The summed E-state index contributed by atoms with van der Waals surface area (Å²) >= 11 is 11.8. The van der Waals surface area contributed by atoms with Gasteiger partial charge in [0.15, 0.2) is 6.04 Å². The number of quaternary nitrogens is 1. The molecule has 0 aliphatic carbocycles. The van der Waals surface area contributed by atoms with E-state index in [2.05, 4.69) is 5.32 Å². The first-order valence-electron chi connectivity index (χ1n) is 7.23. The smallest absolute Gasteiger partial charge is 0.282 e. The van der Waals surface area contributed by atoms with Gasteiger partial charge >= 0.3 is 0 Å². The van der Waals surface area contributed by atoms with Crippen LogP contribution in [-0.2, 0) is 4.79 Å². The Bertz CT molecular complexity index is 691. The Balaban J connectivity index is 1.98. The van der Waals surface area contributed by atoms with Crippen LogP contribution < -0.4 is 10.6 Å². The summed E-state index contributed by atoms with van der Waals surface area (Å²) in [5.74, 6) is -0.636. The Kier molecular flexibility index (Phi) is 5.99. The van der Waals surface area contributed by atoms with Crippen LogP contribution >= 0.6 is 23.2 Å². The molecule has 3 nitrogen and oxygen atoms in total. The van der Waals surface area contributed by atoms with Crippen molar-refractivity contribution in [2.75, 3.05) is 5.32 Å². The fourth-order valence-electron chi connectivity index (χ4n) is 2.24. The van der Waals surface area contributed by atoms with E-state index in [4.69, 9.17) is 23.2 Å². The second-order valence-corrected chi connectivity index (χ2v) is 6.28. The quantitative estimate of drug-likeness (QED) is 0.841. The molecule has 2 atom stereocenters. The minimum absolute atomic E-state index is 0.0942. The summed E-state index contributed by atoms with van der Waals surface area (Å²) in [6.45, 7) is 3.82. The van der Waals surface area contributed by atoms with Gasteiger partial charge in [0, 0.05) is 10.6 Å². The molecule has 0 heterocycles. The average molecular weight is 356 g/mol. The van der Waals surface area contributed by atoms with Gasteiger partial charge in [0.25, 0.3) is 5.91 Å². The Morgan fingerprint density at radius 1 is 1.13 bits per heavy atom. The van der Waals surface area contributed by atoms with E-state index < -0.39 is 5.82 Å². The maximum atomic E-state index is 13.0. The standard InChI is InChI=1S/C17H17Cl2FN2O/c1-10(12-3-5-13(18)6-4-12)21-11(2)17(23)22-16-8-7-14(20)9-15(16)19/h3-11,21H,1-2H3,(H,22,23)/p+1/t10-,11+/m1/s1. The van der Waals surface area contributed by atoms with Crippen molar-refractivity contribution in [1.29, 1.82) is 0 Å². The highest BCUT2D eigenvalue weighted by Gasteiger charge is 2.21. The predicted molar refractivity (Wildman–Crippen MR) is 91.3 cm³/mol. The Morgan fingerprint density at radius 3 is 2.39 bits per heavy atom. The van der Waals surface area contributed by atoms with E-state index in [1.54, 1.807) is 6.92 Å². The molecule has 0 spiro atoms. The molecule has 0 fully saturated rings. The first-order chi connectivity index (χ1) is 10.9. The lowest BCUT2D eigenvalue weighted by molar-refractivity contribution is -0.709. The molecular formula is C17H18Cl2FN2O+. The van der Waals surface area contributed by atoms with Crippen LogP contribution in [0.25, 0.3) is 0 Å². The molecule has 0 saturated heterocycles. The van der Waals surface area contributed by atoms with Crippen LogP contribution in [0.1, 0.15) is 25.5 Å². The lowest BCUT2D eigenvalue weighted by Crippen LogP contribution is -2.91. The summed E-state index contributed by atoms with van der Waals surface area (Å²) in [6.07, 6.45) is 0. The third kappa shape index (κ3) is 4.93. The van der Waals surface area contributed by atoms with Crippen molar-refractivity contribution in [2.45, 2.75) is 25.9 Å². The summed E-state index contributed by atoms with van der Waals surface area (Å²) in [5, 5.41) is 5.51. The van der Waals surface area contributed by atoms with Gasteiger partial charge in [-0.3, -0.25) is 4.79 Å². The van der Waals surface area contributed by atoms with Gasteiger partial charge in [0.05, 0.1) is 10.7 Å². The van der Waals surface area contributed by atoms with Crippen LogP contribution in [-0.4, -0.2) is 11.9 Å². The number of halogens is 3. The van der Waals surface area contributed by atoms with Crippen LogP contribution in [0.4, 0.5) is 10.1 Å². The highest BCUT2D eigenvalue weighted by Crippen LogP contribution is 2.22. The molecule has 1 amide bonds. The van der Waals surface area contributed by atoms with E-state index in [0.29, 0.717) is 10.7 Å². The summed E-state index contributed by atoms with van der Waals surface area (Å²) in [5.41, 5.74) is 1.48. The number of hydrogen-bond acceptors (Lipinski definition) is 1. The van der Waals surface area contributed by atoms with Gasteiger partial charge in [-0.25, -0.2) is 4.39 Å². The van der Waals surface area contributed by atoms with Crippen molar-refractivity contribution in [2.24, 2.45) is 0 Å². The summed E-state index contributed by atoms with van der Waals surface area (Å²) in [6, 6.07) is 11.2. The maximum Gasteiger partial charge on any atom is 0.282 e. The van der Waals surface area contributed by atoms with Gasteiger partial charge in [-0.15, -0.1) is 0 Å². The second-order valence-electron chi connectivity index (χ2n) is 5.43. The molecule has 2 aromatic rings. The SMILES string of the molecule is C[C@H]([NH2+][C@H](C)c1ccc(Cl)cc1)C(=O)Nc1ccc(F)cc1Cl. The molecule has 2 aromatic carbocycles. The molecule has 23 heavy (non-hydrogen) atoms. The highest BCUT2D eigenvalue weighted by atomic mass is 35.5. The summed E-state index contributed by atoms with van der Waals surface area (Å²) < 4.78 is 13.0. The number of carbonyl (C=O) groups excluding carboxylic acids is 1. The van der Waals surface area contributed by atoms with Gasteiger partial charge in [-0.2, -0.15) is 0 Å². The van der Waals surface area contributed by atoms with Crippen LogP contribution in [0.5, 0.6) is 0 Å². The van der Waals surface area contributed by atoms with Gasteiger partial charge in [0.1, 0.15) is 11.9 Å². The van der Waals surface area contributed by atoms with E-state index in [0.717, 1.165) is 5.56 Å². The summed E-state index contributed by atoms with van der Waals surface area (Å²) in [7, 11) is 0. The van der Waals surface area contributed by atoms with E-state index in [9.17, 15) is 9.18 Å². The van der Waals surface area contributed by atoms with Gasteiger partial charge in [-0.1, -0.05) is 35.3 Å². The molecule has 0 aromatic heterocycles. The minimum atomic E-state index is -0.441. The number of rotatable bonds is 5. The normalized spacial score (nSPS) is 13.4. The monoisotopic (exact) mass is 355 g/mol. The van der Waals surface area contributed by atoms with Crippen molar-refractivity contribution in [3.8, 4) is 0 Å². The topological polar surface area (TPSA) is 45.7 Å². The molecule has 0 bridgehead atoms. The first-order valence-corrected chi connectivity index (χ1v) is 7.99. The van der Waals surface area contributed by atoms with Gasteiger partial charge < -0.3 is 10.6 Å². The lowest BCUT2D eigenvalue weighted by atomic mass is 10.1. The summed E-state index contributed by atoms with van der Waals surface area (Å²) in [4.78, 5) is 12.3. The number of amides is 1. The first kappa shape index (κ1) is 17.7. The molecule has 0 radical (unpaired) electrons. The van der Waals surface area contributed by atoms with Crippen molar-refractivity contribution in [1.82, 2.24) is 0 Å². The van der Waals surface area contributed by atoms with Gasteiger partial charge in [-0.05, 0) is 44.2 Å². The minimum Gasteiger partial charge on any atom is -0.330 e. The van der Waals surface area contributed by atoms with E-state index in [1.807, 2.05) is 36.5 Å². The third-order valence-corrected chi connectivity index (χ3v) is 4.14. The molecule has 0 aliphatic rings. The second kappa shape index (κ2) is 7.77. The molecule has 122 valence electrons. The van der Waals surface area contributed by atoms with Crippen molar-refractivity contribution in [3.05, 3.63) is 63.9 Å². The maximum absolute atomic E-state index is 13.0. The van der Waals surface area contributed by atoms with E-state index in [-0.39, 0.29) is 23.0 Å². The molecule has 3 N–H and O–H groups in total. The van der Waals surface area contributed by atoms with Crippen LogP contribution in [0, 0.1) is 5.82 Å². The van der Waals surface area contributed by atoms with E-state index in [1.165, 1.54) is 18.2 Å². The lowest BCUT2D eigenvalue weighted by Gasteiger charge is -2.17. The zero-order valence-electron chi connectivity index (χ0n) is 12.8. The zero-order chi connectivity index (χ0) is 17.0. The molecule has 0 saturated carbocycles. The van der Waals surface area contributed by atoms with E-state index >= 15 is 0 Å². The number of nitrogens with two attached hydrogens (primary N) is 1. The third-order valence-electron chi connectivity index (χ3n) is 3.58. The number of anilines is 1. The van der Waals surface area contributed by atoms with Crippen molar-refractivity contribution in [3.63, 3.8) is 0 Å². The molecule has 0 aliphatic heterocycles. The van der Waals surface area contributed by atoms with Gasteiger partial charge in [0.2, 0.25) is 0 Å². The molecule has 6 heteroatoms. The average Bonchev–Trinajstić information content (AvgIpc) is 2.50. The Hall–Kier alpha value is -1.62. The number of benzene rings is 2. The predicted octanol–water partition coefficient (Wildman–Crippen LogP) is 3.78. The highest BCUT2D eigenvalue weighted by molar-refractivity contribution is 6.33. The van der Waals surface area contributed by atoms with Crippen molar-refractivity contribution < 1.29 is 14.5 Å². The largest absolute Gasteiger partial charge is 0.330 e. The Morgan fingerprint density at radius 2 is 1.78 bits per heavy atom. The molecule has 2 rings (SSSR count). The molecular weight excluding hydrogens is 338 g/mol. The number of hydrogen-bond donors (Lipinski definition) is 2. The van der Waals surface area contributed by atoms with Crippen LogP contribution in [0.2, 0.25) is 10.0 Å². The molecule has 0 unspecified atom stereocenters. The zero-order valence-corrected chi connectivity index (χ0v) is 14.3. The van der Waals surface area contributed by atoms with Crippen molar-refractivity contribution >= 4 is 34.8 Å². The number of carbonyl (C=O) groups is 1. The fourth-order valence-corrected chi connectivity index (χ4v) is 2.58. The Labute approximate surface area is 144 Å². The number of nitrogens with one attached hydrogen (secondary N) is 1.